The normalized spacial score (nSPS) is 13.0. The molecule has 0 amide bonds. The fourth-order valence-corrected chi connectivity index (χ4v) is 7.52. The van der Waals surface area contributed by atoms with Gasteiger partial charge < -0.3 is 0 Å². The molecule has 0 saturated heterocycles. The molecule has 36 heavy (non-hydrogen) atoms. The summed E-state index contributed by atoms with van der Waals surface area (Å²) in [5, 5.41) is 19.3. The third-order valence-electron chi connectivity index (χ3n) is 8.83. The molecule has 162 valence electrons. The van der Waals surface area contributed by atoms with E-state index in [4.69, 9.17) is 0 Å². The van der Waals surface area contributed by atoms with Gasteiger partial charge in [0, 0.05) is 0 Å². The molecular weight excluding hydrogens is 432 g/mol. The molecule has 0 fully saturated rings. The number of hydrogen-bond acceptors (Lipinski definition) is 0. The lowest BCUT2D eigenvalue weighted by Crippen LogP contribution is -1.92. The van der Waals surface area contributed by atoms with Crippen molar-refractivity contribution in [3.05, 3.63) is 109 Å². The van der Waals surface area contributed by atoms with Crippen LogP contribution >= 0.6 is 0 Å². The molecule has 1 aliphatic rings. The van der Waals surface area contributed by atoms with Crippen LogP contribution in [-0.2, 0) is 0 Å². The Balaban J connectivity index is 1.64. The van der Waals surface area contributed by atoms with E-state index in [-0.39, 0.29) is 0 Å². The van der Waals surface area contributed by atoms with E-state index in [2.05, 4.69) is 109 Å². The minimum Gasteiger partial charge on any atom is -0.0616 e. The number of hydrogen-bond donors (Lipinski definition) is 0. The summed E-state index contributed by atoms with van der Waals surface area (Å²) in [6, 6.07) is 41.2. The van der Waals surface area contributed by atoms with E-state index >= 15 is 0 Å². The molecule has 0 radical (unpaired) electrons. The summed E-state index contributed by atoms with van der Waals surface area (Å²) < 4.78 is 0. The van der Waals surface area contributed by atoms with Crippen molar-refractivity contribution >= 4 is 75.4 Å². The van der Waals surface area contributed by atoms with Gasteiger partial charge in [0.15, 0.2) is 0 Å². The van der Waals surface area contributed by atoms with E-state index in [9.17, 15) is 0 Å². The van der Waals surface area contributed by atoms with Gasteiger partial charge in [-0.25, -0.2) is 0 Å². The van der Waals surface area contributed by atoms with Crippen LogP contribution in [0.3, 0.4) is 0 Å². The average molecular weight is 451 g/mol. The second kappa shape index (κ2) is 5.75. The van der Waals surface area contributed by atoms with Crippen molar-refractivity contribution in [1.29, 1.82) is 0 Å². The Morgan fingerprint density at radius 3 is 1.72 bits per heavy atom. The number of fused-ring (bicyclic) bond motifs is 9. The van der Waals surface area contributed by atoms with Gasteiger partial charge in [0.25, 0.3) is 0 Å². The molecule has 1 aliphatic carbocycles. The quantitative estimate of drug-likeness (QED) is 0.159. The second-order valence-corrected chi connectivity index (χ2v) is 10.4. The first-order valence-corrected chi connectivity index (χ1v) is 12.7. The summed E-state index contributed by atoms with van der Waals surface area (Å²) in [5.41, 5.74) is 5.56. The van der Waals surface area contributed by atoms with Crippen LogP contribution in [0, 0.1) is 0 Å². The van der Waals surface area contributed by atoms with Crippen molar-refractivity contribution in [1.82, 2.24) is 0 Å². The van der Waals surface area contributed by atoms with Crippen molar-refractivity contribution in [2.75, 3.05) is 0 Å². The lowest BCUT2D eigenvalue weighted by Gasteiger charge is -2.21. The maximum atomic E-state index is 2.45. The predicted octanol–water partition coefficient (Wildman–Crippen LogP) is 10.3. The zero-order chi connectivity index (χ0) is 23.1. The summed E-state index contributed by atoms with van der Waals surface area (Å²) in [6.45, 7) is 0. The molecule has 9 aromatic rings. The molecule has 0 aliphatic heterocycles. The number of benzene rings is 9. The molecule has 0 unspecified atom stereocenters. The minimum atomic E-state index is 1.31. The summed E-state index contributed by atoms with van der Waals surface area (Å²) in [5.74, 6) is 0. The molecule has 0 bridgehead atoms. The summed E-state index contributed by atoms with van der Waals surface area (Å²) in [7, 11) is 0. The Labute approximate surface area is 206 Å². The second-order valence-electron chi connectivity index (χ2n) is 10.4. The molecule has 0 N–H and O–H groups in total. The van der Waals surface area contributed by atoms with Crippen molar-refractivity contribution in [2.24, 2.45) is 0 Å². The van der Waals surface area contributed by atoms with Crippen LogP contribution in [0.15, 0.2) is 109 Å². The molecule has 0 heterocycles. The van der Waals surface area contributed by atoms with Gasteiger partial charge in [-0.1, -0.05) is 97.1 Å². The van der Waals surface area contributed by atoms with Gasteiger partial charge in [-0.2, -0.15) is 0 Å². The SMILES string of the molecule is c1ccc2c(c1)-c1c3ccccc3c3ccc4cc5c6ccccc6cc6ccc7c-2c1c3c4c7c65. The first-order valence-electron chi connectivity index (χ1n) is 12.7. The lowest BCUT2D eigenvalue weighted by molar-refractivity contribution is 1.71. The highest BCUT2D eigenvalue weighted by Crippen LogP contribution is 2.58. The monoisotopic (exact) mass is 450 g/mol. The largest absolute Gasteiger partial charge is 0.0616 e. The third kappa shape index (κ3) is 1.80. The van der Waals surface area contributed by atoms with Crippen LogP contribution < -0.4 is 0 Å². The van der Waals surface area contributed by atoms with Crippen LogP contribution in [0.25, 0.3) is 97.7 Å². The molecule has 0 nitrogen and oxygen atoms in total. The predicted molar refractivity (Wildman–Crippen MR) is 156 cm³/mol. The van der Waals surface area contributed by atoms with E-state index in [0.29, 0.717) is 0 Å². The van der Waals surface area contributed by atoms with Crippen LogP contribution in [0.5, 0.6) is 0 Å². The Hall–Kier alpha value is -4.68. The highest BCUT2D eigenvalue weighted by Gasteiger charge is 2.30. The highest BCUT2D eigenvalue weighted by atomic mass is 14.3. The van der Waals surface area contributed by atoms with E-state index < -0.39 is 0 Å². The molecule has 0 atom stereocenters. The van der Waals surface area contributed by atoms with Gasteiger partial charge in [-0.15, -0.1) is 0 Å². The summed E-state index contributed by atoms with van der Waals surface area (Å²) in [4.78, 5) is 0. The fourth-order valence-electron chi connectivity index (χ4n) is 7.52. The molecule has 0 saturated carbocycles. The van der Waals surface area contributed by atoms with E-state index in [1.807, 2.05) is 0 Å². The summed E-state index contributed by atoms with van der Waals surface area (Å²) in [6.07, 6.45) is 0. The third-order valence-corrected chi connectivity index (χ3v) is 8.83. The Morgan fingerprint density at radius 2 is 0.889 bits per heavy atom. The smallest absolute Gasteiger partial charge is 0.000116 e. The zero-order valence-electron chi connectivity index (χ0n) is 19.4. The van der Waals surface area contributed by atoms with E-state index in [1.54, 1.807) is 0 Å². The van der Waals surface area contributed by atoms with Crippen molar-refractivity contribution in [3.63, 3.8) is 0 Å². The van der Waals surface area contributed by atoms with Gasteiger partial charge in [-0.05, 0) is 110 Å². The van der Waals surface area contributed by atoms with Gasteiger partial charge >= 0.3 is 0 Å². The Kier molecular flexibility index (Phi) is 2.83. The molecular formula is C36H18. The van der Waals surface area contributed by atoms with Gasteiger partial charge in [0.1, 0.15) is 0 Å². The first kappa shape index (κ1) is 17.7. The molecule has 10 rings (SSSR count). The fraction of sp³-hybridized carbons (Fsp3) is 0. The summed E-state index contributed by atoms with van der Waals surface area (Å²) >= 11 is 0. The van der Waals surface area contributed by atoms with Crippen molar-refractivity contribution in [3.8, 4) is 22.3 Å². The molecule has 0 spiro atoms. The van der Waals surface area contributed by atoms with Gasteiger partial charge in [0.2, 0.25) is 0 Å². The van der Waals surface area contributed by atoms with Crippen molar-refractivity contribution < 1.29 is 0 Å². The lowest BCUT2D eigenvalue weighted by atomic mass is 9.81. The topological polar surface area (TPSA) is 0 Å². The van der Waals surface area contributed by atoms with Crippen LogP contribution in [-0.4, -0.2) is 0 Å². The van der Waals surface area contributed by atoms with Gasteiger partial charge in [0.05, 0.1) is 0 Å². The minimum absolute atomic E-state index is 1.31. The van der Waals surface area contributed by atoms with Crippen LogP contribution in [0.4, 0.5) is 0 Å². The number of rotatable bonds is 0. The average Bonchev–Trinajstić information content (AvgIpc) is 3.29. The van der Waals surface area contributed by atoms with Crippen molar-refractivity contribution in [2.45, 2.75) is 0 Å². The molecule has 9 aromatic carbocycles. The highest BCUT2D eigenvalue weighted by molar-refractivity contribution is 6.47. The Bertz CT molecular complexity index is 2400. The first-order chi connectivity index (χ1) is 17.9. The maximum Gasteiger partial charge on any atom is -0.000116 e. The van der Waals surface area contributed by atoms with E-state index in [0.717, 1.165) is 0 Å². The Morgan fingerprint density at radius 1 is 0.278 bits per heavy atom. The molecule has 0 heteroatoms. The standard InChI is InChI=1S/C36H18/c1-2-8-22-19(7-1)17-20-14-16-28-33-26-12-6-5-11-25(26)32-24-10-4-3-9-23(24)27-15-13-21-18-29(22)30(20)35(28)31(21)34(27)36(32)33/h1-18H. The van der Waals surface area contributed by atoms with Crippen LogP contribution in [0.2, 0.25) is 0 Å². The maximum absolute atomic E-state index is 2.45. The zero-order valence-corrected chi connectivity index (χ0v) is 19.4. The van der Waals surface area contributed by atoms with E-state index in [1.165, 1.54) is 97.7 Å². The van der Waals surface area contributed by atoms with Crippen LogP contribution in [0.1, 0.15) is 0 Å². The van der Waals surface area contributed by atoms with Gasteiger partial charge in [-0.3, -0.25) is 0 Å². The molecule has 0 aromatic heterocycles.